The molecule has 3 rings (SSSR count). The van der Waals surface area contributed by atoms with Crippen molar-refractivity contribution in [2.45, 2.75) is 38.3 Å². The van der Waals surface area contributed by atoms with Crippen LogP contribution in [0.25, 0.3) is 0 Å². The Morgan fingerprint density at radius 1 is 1.50 bits per heavy atom. The third kappa shape index (κ3) is 2.25. The second-order valence-corrected chi connectivity index (χ2v) is 5.48. The van der Waals surface area contributed by atoms with Crippen molar-refractivity contribution < 1.29 is 4.79 Å². The summed E-state index contributed by atoms with van der Waals surface area (Å²) in [6.07, 6.45) is 5.10. The number of carbonyl (C=O) groups excluding carboxylic acids is 1. The van der Waals surface area contributed by atoms with Gasteiger partial charge in [0.1, 0.15) is 0 Å². The first-order chi connectivity index (χ1) is 8.72. The van der Waals surface area contributed by atoms with Gasteiger partial charge in [0, 0.05) is 19.1 Å². The van der Waals surface area contributed by atoms with Crippen LogP contribution in [0, 0.1) is 5.92 Å². The third-order valence-electron chi connectivity index (χ3n) is 3.91. The molecule has 2 unspecified atom stereocenters. The number of rotatable bonds is 3. The molecule has 2 heterocycles. The molecule has 1 aromatic heterocycles. The zero-order valence-electron chi connectivity index (χ0n) is 10.6. The molecule has 0 radical (unpaired) electrons. The van der Waals surface area contributed by atoms with Crippen LogP contribution in [0.3, 0.4) is 0 Å². The summed E-state index contributed by atoms with van der Waals surface area (Å²) in [5.41, 5.74) is 0.432. The molecule has 1 saturated carbocycles. The van der Waals surface area contributed by atoms with E-state index in [4.69, 9.17) is 0 Å². The molecule has 0 bridgehead atoms. The van der Waals surface area contributed by atoms with Gasteiger partial charge in [-0.1, -0.05) is 12.1 Å². The largest absolute Gasteiger partial charge is 0.348 e. The number of aromatic nitrogens is 3. The number of amides is 1. The monoisotopic (exact) mass is 249 g/mol. The first-order valence-corrected chi connectivity index (χ1v) is 6.66. The van der Waals surface area contributed by atoms with Gasteiger partial charge in [0.05, 0.1) is 12.2 Å². The van der Waals surface area contributed by atoms with Crippen molar-refractivity contribution in [3.05, 3.63) is 11.9 Å². The van der Waals surface area contributed by atoms with Crippen LogP contribution in [0.4, 0.5) is 0 Å². The Morgan fingerprint density at radius 3 is 2.94 bits per heavy atom. The topological polar surface area (TPSA) is 71.8 Å². The predicted octanol–water partition coefficient (Wildman–Crippen LogP) is 0.341. The van der Waals surface area contributed by atoms with Crippen LogP contribution in [-0.2, 0) is 0 Å². The Bertz CT molecular complexity index is 439. The molecule has 1 aliphatic carbocycles. The molecule has 2 fully saturated rings. The van der Waals surface area contributed by atoms with E-state index in [1.54, 1.807) is 10.9 Å². The van der Waals surface area contributed by atoms with E-state index in [-0.39, 0.29) is 5.91 Å². The molecular formula is C12H19N5O. The number of nitrogens with zero attached hydrogens (tertiary/aromatic N) is 3. The summed E-state index contributed by atoms with van der Waals surface area (Å²) in [6.45, 7) is 4.04. The number of nitrogens with one attached hydrogen (secondary N) is 2. The third-order valence-corrected chi connectivity index (χ3v) is 3.91. The Kier molecular flexibility index (Phi) is 3.03. The van der Waals surface area contributed by atoms with Crippen LogP contribution < -0.4 is 10.6 Å². The van der Waals surface area contributed by atoms with Gasteiger partial charge in [0.25, 0.3) is 5.91 Å². The zero-order valence-corrected chi connectivity index (χ0v) is 10.6. The molecule has 2 aliphatic rings. The summed E-state index contributed by atoms with van der Waals surface area (Å²) in [4.78, 5) is 12.0. The van der Waals surface area contributed by atoms with Crippen molar-refractivity contribution >= 4 is 5.91 Å². The van der Waals surface area contributed by atoms with Crippen LogP contribution in [0.1, 0.15) is 42.7 Å². The zero-order chi connectivity index (χ0) is 12.5. The lowest BCUT2D eigenvalue weighted by Crippen LogP contribution is -2.43. The fraction of sp³-hybridized carbons (Fsp3) is 0.750. The molecule has 1 aromatic rings. The van der Waals surface area contributed by atoms with E-state index in [9.17, 15) is 4.79 Å². The van der Waals surface area contributed by atoms with E-state index in [2.05, 4.69) is 27.9 Å². The minimum absolute atomic E-state index is 0.0902. The van der Waals surface area contributed by atoms with E-state index in [0.29, 0.717) is 23.7 Å². The number of carbonyl (C=O) groups is 1. The van der Waals surface area contributed by atoms with Gasteiger partial charge in [-0.15, -0.1) is 5.10 Å². The minimum atomic E-state index is -0.0902. The van der Waals surface area contributed by atoms with Crippen LogP contribution in [0.5, 0.6) is 0 Å². The van der Waals surface area contributed by atoms with Gasteiger partial charge in [-0.05, 0) is 25.2 Å². The molecule has 1 saturated heterocycles. The number of hydrogen-bond donors (Lipinski definition) is 2. The van der Waals surface area contributed by atoms with Gasteiger partial charge in [0.2, 0.25) is 0 Å². The van der Waals surface area contributed by atoms with Crippen LogP contribution in [0.15, 0.2) is 6.20 Å². The predicted molar refractivity (Wildman–Crippen MR) is 66.2 cm³/mol. The van der Waals surface area contributed by atoms with Crippen molar-refractivity contribution in [3.8, 4) is 0 Å². The summed E-state index contributed by atoms with van der Waals surface area (Å²) in [5.74, 6) is 0.625. The molecule has 2 N–H and O–H groups in total. The standard InChI is InChI=1S/C12H19N5O/c1-8-2-3-9(4-8)14-12(18)11-7-17(16-15-11)10-5-13-6-10/h7-10,13H,2-6H2,1H3,(H,14,18). The van der Waals surface area contributed by atoms with Crippen LogP contribution >= 0.6 is 0 Å². The normalized spacial score (nSPS) is 28.1. The van der Waals surface area contributed by atoms with E-state index in [1.807, 2.05) is 0 Å². The first kappa shape index (κ1) is 11.6. The molecule has 1 amide bonds. The lowest BCUT2D eigenvalue weighted by atomic mass is 10.1. The highest BCUT2D eigenvalue weighted by Crippen LogP contribution is 2.24. The summed E-state index contributed by atoms with van der Waals surface area (Å²) in [7, 11) is 0. The Balaban J connectivity index is 1.59. The molecule has 6 heteroatoms. The molecule has 6 nitrogen and oxygen atoms in total. The fourth-order valence-electron chi connectivity index (χ4n) is 2.62. The van der Waals surface area contributed by atoms with Crippen LogP contribution in [0.2, 0.25) is 0 Å². The maximum absolute atomic E-state index is 12.0. The molecule has 2 atom stereocenters. The lowest BCUT2D eigenvalue weighted by molar-refractivity contribution is 0.0932. The SMILES string of the molecule is CC1CCC(NC(=O)c2cn(C3CNC3)nn2)C1. The van der Waals surface area contributed by atoms with E-state index in [1.165, 1.54) is 6.42 Å². The van der Waals surface area contributed by atoms with E-state index >= 15 is 0 Å². The smallest absolute Gasteiger partial charge is 0.273 e. The van der Waals surface area contributed by atoms with Crippen molar-refractivity contribution in [2.24, 2.45) is 5.92 Å². The highest BCUT2D eigenvalue weighted by Gasteiger charge is 2.25. The molecular weight excluding hydrogens is 230 g/mol. The van der Waals surface area contributed by atoms with Crippen molar-refractivity contribution in [2.75, 3.05) is 13.1 Å². The van der Waals surface area contributed by atoms with Gasteiger partial charge in [-0.25, -0.2) is 4.68 Å². The van der Waals surface area contributed by atoms with Crippen molar-refractivity contribution in [1.82, 2.24) is 25.6 Å². The maximum atomic E-state index is 12.0. The summed E-state index contributed by atoms with van der Waals surface area (Å²) in [6, 6.07) is 0.661. The average Bonchev–Trinajstić information content (AvgIpc) is 2.86. The Hall–Kier alpha value is -1.43. The van der Waals surface area contributed by atoms with E-state index in [0.717, 1.165) is 25.9 Å². The summed E-state index contributed by atoms with van der Waals surface area (Å²) in [5, 5.41) is 14.2. The quantitative estimate of drug-likeness (QED) is 0.810. The summed E-state index contributed by atoms with van der Waals surface area (Å²) < 4.78 is 1.78. The maximum Gasteiger partial charge on any atom is 0.273 e. The molecule has 18 heavy (non-hydrogen) atoms. The minimum Gasteiger partial charge on any atom is -0.348 e. The molecule has 0 aromatic carbocycles. The summed E-state index contributed by atoms with van der Waals surface area (Å²) >= 11 is 0. The van der Waals surface area contributed by atoms with Gasteiger partial charge >= 0.3 is 0 Å². The van der Waals surface area contributed by atoms with Gasteiger partial charge in [-0.2, -0.15) is 0 Å². The number of hydrogen-bond acceptors (Lipinski definition) is 4. The lowest BCUT2D eigenvalue weighted by Gasteiger charge is -2.26. The Morgan fingerprint density at radius 2 is 2.33 bits per heavy atom. The molecule has 1 aliphatic heterocycles. The van der Waals surface area contributed by atoms with Gasteiger partial charge in [-0.3, -0.25) is 4.79 Å². The molecule has 98 valence electrons. The van der Waals surface area contributed by atoms with E-state index < -0.39 is 0 Å². The van der Waals surface area contributed by atoms with Gasteiger partial charge < -0.3 is 10.6 Å². The second-order valence-electron chi connectivity index (χ2n) is 5.48. The van der Waals surface area contributed by atoms with Crippen molar-refractivity contribution in [1.29, 1.82) is 0 Å². The highest BCUT2D eigenvalue weighted by molar-refractivity contribution is 5.92. The first-order valence-electron chi connectivity index (χ1n) is 6.66. The second kappa shape index (κ2) is 4.68. The fourth-order valence-corrected chi connectivity index (χ4v) is 2.62. The van der Waals surface area contributed by atoms with Crippen molar-refractivity contribution in [3.63, 3.8) is 0 Å². The Labute approximate surface area is 106 Å². The average molecular weight is 249 g/mol. The highest BCUT2D eigenvalue weighted by atomic mass is 16.2. The molecule has 0 spiro atoms. The van der Waals surface area contributed by atoms with Crippen LogP contribution in [-0.4, -0.2) is 40.0 Å². The van der Waals surface area contributed by atoms with Gasteiger partial charge in [0.15, 0.2) is 5.69 Å².